The molecule has 2 N–H and O–H groups in total. The third kappa shape index (κ3) is 18.2. The average molecular weight is 1070 g/mol. The number of phenolic OH excluding ortho intramolecular Hbond substituents is 1. The minimum absolute atomic E-state index is 0. The predicted octanol–water partition coefficient (Wildman–Crippen LogP) is 12.3. The maximum absolute atomic E-state index is 13.2. The maximum atomic E-state index is 13.2. The van der Waals surface area contributed by atoms with Crippen molar-refractivity contribution in [1.82, 2.24) is 0 Å². The number of Topliss-reactive ketones (excluding diaryl/α,β-unsaturated/α-hetero) is 2. The number of rotatable bonds is 6. The summed E-state index contributed by atoms with van der Waals surface area (Å²) < 4.78 is 74.4. The molecule has 4 aromatic rings. The first-order valence-corrected chi connectivity index (χ1v) is 21.8. The van der Waals surface area contributed by atoms with Crippen LogP contribution in [0.1, 0.15) is 113 Å². The van der Waals surface area contributed by atoms with Gasteiger partial charge in [-0.3, -0.25) is 14.4 Å². The molecule has 2 aliphatic heterocycles. The molecule has 66 heavy (non-hydrogen) atoms. The molecule has 0 saturated carbocycles. The number of esters is 1. The van der Waals surface area contributed by atoms with Gasteiger partial charge in [0.25, 0.3) is 0 Å². The van der Waals surface area contributed by atoms with Crippen LogP contribution in [0.5, 0.6) is 23.0 Å². The molecule has 0 spiro atoms. The number of ketones is 2. The van der Waals surface area contributed by atoms with Crippen LogP contribution in [0.15, 0.2) is 65.0 Å². The van der Waals surface area contributed by atoms with Crippen LogP contribution in [-0.2, 0) is 19.7 Å². The van der Waals surface area contributed by atoms with E-state index in [0.717, 1.165) is 0 Å². The molecular formula is C47H57BBr2F4NO10S. The Morgan fingerprint density at radius 1 is 0.773 bits per heavy atom. The van der Waals surface area contributed by atoms with Gasteiger partial charge in [-0.25, -0.2) is 22.4 Å². The molecule has 2 aliphatic rings. The first kappa shape index (κ1) is 61.3. The number of ether oxygens (including phenoxy) is 4. The number of hydrogen-bond donors (Lipinski definition) is 3. The summed E-state index contributed by atoms with van der Waals surface area (Å²) in [5.74, 6) is -1.55. The fourth-order valence-electron chi connectivity index (χ4n) is 5.29. The molecule has 0 aliphatic carbocycles. The van der Waals surface area contributed by atoms with E-state index in [-0.39, 0.29) is 42.3 Å². The standard InChI is InChI=1S/C11H10BrFO2.C11H13FO3.C11H11FO2.C7H7FO.C6H11BrO2.CH4.BHNS/c1-11(2)10(14)8-4-7(13)3-6(5-12)9(8)15-11;1-7-6-8(12)4-5-9(7)15-11(2,3)10(13)14;1-6-4-7(12)5-8-9(6)14-11(2,3)10(8)13;1-5-4-6(8)2-3-7(5)9;1-4-9-5(8)6(2,3)7;;1-2-3/h3-4H,5H2,1-2H3;4-6H,1-3H3,(H,13,14);4-5H,1-3H3;2-4,9H,1H3;4H2,1-3H3;1H4;3H. The first-order valence-electron chi connectivity index (χ1n) is 19.5. The van der Waals surface area contributed by atoms with E-state index in [1.165, 1.54) is 74.5 Å². The van der Waals surface area contributed by atoms with Crippen LogP contribution in [-0.4, -0.2) is 69.1 Å². The summed E-state index contributed by atoms with van der Waals surface area (Å²) >= 11 is 9.61. The molecule has 0 amide bonds. The number of halogens is 6. The number of hydrogen-bond acceptors (Lipinski definition) is 11. The van der Waals surface area contributed by atoms with Gasteiger partial charge < -0.3 is 29.2 Å². The topological polar surface area (TPSA) is 158 Å². The van der Waals surface area contributed by atoms with Crippen LogP contribution in [0.3, 0.4) is 0 Å². The number of benzene rings is 4. The number of carboxylic acids is 1. The van der Waals surface area contributed by atoms with E-state index < -0.39 is 38.7 Å². The van der Waals surface area contributed by atoms with Crippen molar-refractivity contribution in [2.24, 2.45) is 4.30 Å². The second-order valence-electron chi connectivity index (χ2n) is 16.1. The summed E-state index contributed by atoms with van der Waals surface area (Å²) in [5, 5.41) is 18.2. The number of aryl methyl sites for hydroxylation is 3. The Balaban J connectivity index is 0.000000797. The number of carbonyl (C=O) groups is 4. The van der Waals surface area contributed by atoms with Gasteiger partial charge in [0, 0.05) is 10.9 Å². The molecule has 0 fully saturated rings. The number of thiol groups is 1. The van der Waals surface area contributed by atoms with Crippen molar-refractivity contribution < 1.29 is 65.9 Å². The van der Waals surface area contributed by atoms with Crippen molar-refractivity contribution >= 4 is 75.8 Å². The van der Waals surface area contributed by atoms with Gasteiger partial charge in [0.15, 0.2) is 16.8 Å². The van der Waals surface area contributed by atoms with Crippen molar-refractivity contribution in [2.75, 3.05) is 6.61 Å². The van der Waals surface area contributed by atoms with Gasteiger partial charge in [-0.2, -0.15) is 0 Å². The molecule has 361 valence electrons. The van der Waals surface area contributed by atoms with Gasteiger partial charge in [-0.05, 0) is 160 Å². The summed E-state index contributed by atoms with van der Waals surface area (Å²) in [4.78, 5) is 45.2. The van der Waals surface area contributed by atoms with Crippen LogP contribution in [0, 0.1) is 44.0 Å². The van der Waals surface area contributed by atoms with Gasteiger partial charge in [-0.15, -0.1) is 0 Å². The zero-order chi connectivity index (χ0) is 50.4. The summed E-state index contributed by atoms with van der Waals surface area (Å²) in [6.45, 7) is 20.4. The van der Waals surface area contributed by atoms with Gasteiger partial charge in [0.05, 0.1) is 17.7 Å². The van der Waals surface area contributed by atoms with E-state index in [2.05, 4.69) is 56.6 Å². The molecule has 0 atom stereocenters. The molecule has 0 saturated heterocycles. The van der Waals surface area contributed by atoms with Gasteiger partial charge >= 0.3 is 36.7 Å². The number of carboxylic acid groups (broad SMARTS) is 1. The van der Waals surface area contributed by atoms with E-state index in [1.54, 1.807) is 69.2 Å². The summed E-state index contributed by atoms with van der Waals surface area (Å²) in [6.07, 6.45) is 0. The number of aromatic hydroxyl groups is 1. The third-order valence-corrected chi connectivity index (χ3v) is 9.68. The monoisotopic (exact) mass is 1070 g/mol. The fourth-order valence-corrected chi connectivity index (χ4v) is 5.82. The second-order valence-corrected chi connectivity index (χ2v) is 18.9. The van der Waals surface area contributed by atoms with Gasteiger partial charge in [0.2, 0.25) is 11.6 Å². The molecule has 6 rings (SSSR count). The fraction of sp³-hybridized carbons (Fsp3) is 0.404. The molecule has 0 aromatic heterocycles. The first-order chi connectivity index (χ1) is 29.8. The number of phenols is 1. The van der Waals surface area contributed by atoms with Crippen molar-refractivity contribution in [3.63, 3.8) is 0 Å². The quantitative estimate of drug-likeness (QED) is 0.0558. The third-order valence-electron chi connectivity index (χ3n) is 8.75. The molecule has 0 unspecified atom stereocenters. The Labute approximate surface area is 407 Å². The van der Waals surface area contributed by atoms with E-state index in [0.29, 0.717) is 62.6 Å². The SMILES string of the molecule is C.CC1(C)Oc2c(CBr)cc(F)cc2C1=O.CCOC(=O)C(C)(C)Br.Cc1cc(F)cc2c1OC(C)(C)C2=O.Cc1cc(F)ccc1O.Cc1cc(F)ccc1OC(C)(C)C(=O)O.[B]=NS. The molecule has 19 heteroatoms. The Hall–Kier alpha value is -4.75. The summed E-state index contributed by atoms with van der Waals surface area (Å²) in [7, 11) is 4.34. The number of alkyl halides is 2. The Kier molecular flexibility index (Phi) is 24.1. The van der Waals surface area contributed by atoms with E-state index in [9.17, 15) is 36.7 Å². The van der Waals surface area contributed by atoms with Crippen LogP contribution in [0.4, 0.5) is 17.6 Å². The normalized spacial score (nSPS) is 13.3. The average Bonchev–Trinajstić information content (AvgIpc) is 3.57. The number of carbonyl (C=O) groups excluding carboxylic acids is 3. The van der Waals surface area contributed by atoms with E-state index in [1.807, 2.05) is 0 Å². The van der Waals surface area contributed by atoms with Crippen LogP contribution < -0.4 is 14.2 Å². The van der Waals surface area contributed by atoms with Crippen molar-refractivity contribution in [3.8, 4) is 23.0 Å². The predicted molar refractivity (Wildman–Crippen MR) is 258 cm³/mol. The van der Waals surface area contributed by atoms with Crippen LogP contribution in [0.2, 0.25) is 0 Å². The van der Waals surface area contributed by atoms with Crippen LogP contribution in [0.25, 0.3) is 0 Å². The number of fused-ring (bicyclic) bond motifs is 2. The summed E-state index contributed by atoms with van der Waals surface area (Å²) in [5.41, 5.74) is 0.111. The molecular weight excluding hydrogens is 1020 g/mol. The molecule has 2 heterocycles. The molecule has 4 aromatic carbocycles. The zero-order valence-electron chi connectivity index (χ0n) is 38.1. The second kappa shape index (κ2) is 26.0. The van der Waals surface area contributed by atoms with Crippen molar-refractivity contribution in [2.45, 2.75) is 117 Å². The zero-order valence-corrected chi connectivity index (χ0v) is 42.2. The van der Waals surface area contributed by atoms with E-state index >= 15 is 0 Å². The minimum atomic E-state index is -1.32. The number of nitrogens with zero attached hydrogens (tertiary/aromatic N) is 1. The number of aliphatic carboxylic acids is 1. The molecule has 11 nitrogen and oxygen atoms in total. The van der Waals surface area contributed by atoms with Gasteiger partial charge in [0.1, 0.15) is 50.6 Å². The van der Waals surface area contributed by atoms with Crippen molar-refractivity contribution in [1.29, 1.82) is 0 Å². The molecule has 1 radical (unpaired) electrons. The summed E-state index contributed by atoms with van der Waals surface area (Å²) in [6, 6.07) is 13.0. The molecule has 0 bridgehead atoms. The van der Waals surface area contributed by atoms with Crippen molar-refractivity contribution in [3.05, 3.63) is 117 Å². The Morgan fingerprint density at radius 2 is 1.20 bits per heavy atom. The van der Waals surface area contributed by atoms with Crippen LogP contribution >= 0.6 is 44.7 Å². The Bertz CT molecular complexity index is 2360. The Morgan fingerprint density at radius 3 is 1.59 bits per heavy atom. The van der Waals surface area contributed by atoms with E-state index in [4.69, 9.17) is 29.2 Å². The van der Waals surface area contributed by atoms with Gasteiger partial charge in [-0.1, -0.05) is 39.3 Å².